The SMILES string of the molecule is CC(C)Nc1cc(-c2c[nH]c(C(=O)N[C@H](COCOO)c3cccc(Cl)c3)c2)c(Cl)cn1. The number of nitrogens with one attached hydrogen (secondary N) is 3. The smallest absolute Gasteiger partial charge is 0.268 e. The highest BCUT2D eigenvalue weighted by molar-refractivity contribution is 6.33. The van der Waals surface area contributed by atoms with Crippen LogP contribution in [0.2, 0.25) is 10.0 Å². The molecule has 8 nitrogen and oxygen atoms in total. The Morgan fingerprint density at radius 2 is 2.06 bits per heavy atom. The Bertz CT molecular complexity index is 1060. The van der Waals surface area contributed by atoms with Crippen LogP contribution in [0.25, 0.3) is 11.1 Å². The number of nitrogens with zero attached hydrogens (tertiary/aromatic N) is 1. The summed E-state index contributed by atoms with van der Waals surface area (Å²) in [4.78, 5) is 24.1. The molecular weight excluding hydrogens is 455 g/mol. The van der Waals surface area contributed by atoms with Crippen molar-refractivity contribution in [2.75, 3.05) is 18.7 Å². The molecule has 0 aliphatic carbocycles. The third-order valence-corrected chi connectivity index (χ3v) is 5.04. The second-order valence-electron chi connectivity index (χ2n) is 7.35. The second-order valence-corrected chi connectivity index (χ2v) is 8.19. The van der Waals surface area contributed by atoms with E-state index in [0.717, 1.165) is 16.7 Å². The molecule has 3 rings (SSSR count). The fourth-order valence-electron chi connectivity index (χ4n) is 3.10. The number of halogens is 2. The van der Waals surface area contributed by atoms with Crippen LogP contribution in [0.5, 0.6) is 0 Å². The average Bonchev–Trinajstić information content (AvgIpc) is 3.24. The normalized spacial score (nSPS) is 12.1. The van der Waals surface area contributed by atoms with E-state index in [1.54, 1.807) is 36.7 Å². The average molecular weight is 479 g/mol. The van der Waals surface area contributed by atoms with Gasteiger partial charge in [0, 0.05) is 34.6 Å². The molecule has 3 aromatic rings. The van der Waals surface area contributed by atoms with E-state index in [1.165, 1.54) is 0 Å². The highest BCUT2D eigenvalue weighted by atomic mass is 35.5. The van der Waals surface area contributed by atoms with E-state index in [-0.39, 0.29) is 25.3 Å². The maximum absolute atomic E-state index is 12.9. The molecule has 170 valence electrons. The Hall–Kier alpha value is -2.62. The minimum absolute atomic E-state index is 0.0701. The summed E-state index contributed by atoms with van der Waals surface area (Å²) in [6.45, 7) is 3.77. The van der Waals surface area contributed by atoms with Gasteiger partial charge in [-0.2, -0.15) is 0 Å². The summed E-state index contributed by atoms with van der Waals surface area (Å²) in [6, 6.07) is 10.3. The molecule has 0 unspecified atom stereocenters. The first kappa shape index (κ1) is 24.0. The van der Waals surface area contributed by atoms with Crippen molar-refractivity contribution in [1.29, 1.82) is 0 Å². The molecule has 1 atom stereocenters. The van der Waals surface area contributed by atoms with Crippen molar-refractivity contribution < 1.29 is 19.7 Å². The Kier molecular flexibility index (Phi) is 8.49. The fraction of sp³-hybridized carbons (Fsp3) is 0.273. The minimum atomic E-state index is -0.519. The molecule has 0 aliphatic rings. The molecule has 1 amide bonds. The van der Waals surface area contributed by atoms with Crippen molar-refractivity contribution in [1.82, 2.24) is 15.3 Å². The Morgan fingerprint density at radius 3 is 2.78 bits per heavy atom. The highest BCUT2D eigenvalue weighted by Gasteiger charge is 2.19. The molecule has 0 spiro atoms. The van der Waals surface area contributed by atoms with Crippen molar-refractivity contribution in [3.63, 3.8) is 0 Å². The number of rotatable bonds is 10. The van der Waals surface area contributed by atoms with Gasteiger partial charge in [-0.1, -0.05) is 35.3 Å². The summed E-state index contributed by atoms with van der Waals surface area (Å²) in [5.74, 6) is 0.344. The molecule has 0 bridgehead atoms. The molecule has 4 N–H and O–H groups in total. The lowest BCUT2D eigenvalue weighted by molar-refractivity contribution is -0.296. The van der Waals surface area contributed by atoms with Crippen molar-refractivity contribution in [3.05, 3.63) is 70.1 Å². The molecular formula is C22H24Cl2N4O4. The monoisotopic (exact) mass is 478 g/mol. The van der Waals surface area contributed by atoms with E-state index in [2.05, 4.69) is 25.5 Å². The molecule has 0 aliphatic heterocycles. The van der Waals surface area contributed by atoms with Crippen LogP contribution in [0.15, 0.2) is 48.8 Å². The Labute approximate surface area is 195 Å². The summed E-state index contributed by atoms with van der Waals surface area (Å²) < 4.78 is 5.24. The highest BCUT2D eigenvalue weighted by Crippen LogP contribution is 2.30. The number of ether oxygens (including phenoxy) is 1. The van der Waals surface area contributed by atoms with Crippen LogP contribution in [-0.4, -0.2) is 40.6 Å². The first-order chi connectivity index (χ1) is 15.4. The van der Waals surface area contributed by atoms with Crippen LogP contribution in [0.4, 0.5) is 5.82 Å². The zero-order chi connectivity index (χ0) is 23.1. The van der Waals surface area contributed by atoms with Gasteiger partial charge in [0.1, 0.15) is 11.5 Å². The van der Waals surface area contributed by atoms with Crippen LogP contribution >= 0.6 is 23.2 Å². The topological polar surface area (TPSA) is 109 Å². The number of pyridine rings is 1. The van der Waals surface area contributed by atoms with Crippen LogP contribution in [0, 0.1) is 0 Å². The first-order valence-corrected chi connectivity index (χ1v) is 10.6. The number of anilines is 1. The number of amides is 1. The van der Waals surface area contributed by atoms with Gasteiger partial charge in [0.25, 0.3) is 5.91 Å². The fourth-order valence-corrected chi connectivity index (χ4v) is 3.51. The molecule has 10 heteroatoms. The lowest BCUT2D eigenvalue weighted by Crippen LogP contribution is -2.32. The molecule has 0 saturated heterocycles. The van der Waals surface area contributed by atoms with Gasteiger partial charge in [-0.05, 0) is 43.7 Å². The van der Waals surface area contributed by atoms with Crippen LogP contribution in [0.3, 0.4) is 0 Å². The van der Waals surface area contributed by atoms with Gasteiger partial charge in [0.05, 0.1) is 17.7 Å². The predicted octanol–water partition coefficient (Wildman–Crippen LogP) is 5.14. The van der Waals surface area contributed by atoms with Gasteiger partial charge in [-0.15, -0.1) is 0 Å². The maximum Gasteiger partial charge on any atom is 0.268 e. The van der Waals surface area contributed by atoms with Gasteiger partial charge in [-0.3, -0.25) is 4.79 Å². The van der Waals surface area contributed by atoms with E-state index in [0.29, 0.717) is 21.6 Å². The van der Waals surface area contributed by atoms with Crippen molar-refractivity contribution in [3.8, 4) is 11.1 Å². The van der Waals surface area contributed by atoms with Gasteiger partial charge >= 0.3 is 0 Å². The summed E-state index contributed by atoms with van der Waals surface area (Å²) in [5, 5.41) is 15.6. The minimum Gasteiger partial charge on any atom is -0.368 e. The molecule has 32 heavy (non-hydrogen) atoms. The number of carbonyl (C=O) groups is 1. The molecule has 1 aromatic carbocycles. The number of aromatic amines is 1. The zero-order valence-electron chi connectivity index (χ0n) is 17.6. The number of H-pyrrole nitrogens is 1. The predicted molar refractivity (Wildman–Crippen MR) is 124 cm³/mol. The molecule has 0 fully saturated rings. The maximum atomic E-state index is 12.9. The van der Waals surface area contributed by atoms with E-state index in [1.807, 2.05) is 26.0 Å². The van der Waals surface area contributed by atoms with Gasteiger partial charge in [0.15, 0.2) is 6.79 Å². The molecule has 2 aromatic heterocycles. The van der Waals surface area contributed by atoms with Crippen molar-refractivity contribution in [2.24, 2.45) is 0 Å². The third kappa shape index (κ3) is 6.44. The molecule has 0 radical (unpaired) electrons. The summed E-state index contributed by atoms with van der Waals surface area (Å²) in [5.41, 5.74) is 2.59. The van der Waals surface area contributed by atoms with Gasteiger partial charge in [-0.25, -0.2) is 15.1 Å². The molecule has 2 heterocycles. The largest absolute Gasteiger partial charge is 0.368 e. The number of carbonyl (C=O) groups excluding carboxylic acids is 1. The first-order valence-electron chi connectivity index (χ1n) is 9.88. The van der Waals surface area contributed by atoms with Gasteiger partial charge in [0.2, 0.25) is 0 Å². The number of aromatic nitrogens is 2. The van der Waals surface area contributed by atoms with Crippen LogP contribution in [0.1, 0.15) is 35.9 Å². The van der Waals surface area contributed by atoms with E-state index < -0.39 is 6.04 Å². The van der Waals surface area contributed by atoms with Crippen molar-refractivity contribution in [2.45, 2.75) is 25.9 Å². The standard InChI is InChI=1S/C22H24Cl2N4O4/c1-13(2)27-21-8-17(18(24)10-26-21)15-7-19(25-9-15)22(29)28-20(11-31-12-32-30)14-4-3-5-16(23)6-14/h3-10,13,20,25,30H,11-12H2,1-2H3,(H,26,27)(H,28,29)/t20-/m1/s1. The van der Waals surface area contributed by atoms with Crippen LogP contribution < -0.4 is 10.6 Å². The Balaban J connectivity index is 1.79. The lowest BCUT2D eigenvalue weighted by atomic mass is 10.1. The molecule has 0 saturated carbocycles. The van der Waals surface area contributed by atoms with E-state index in [9.17, 15) is 4.79 Å². The summed E-state index contributed by atoms with van der Waals surface area (Å²) >= 11 is 12.4. The number of hydrogen-bond acceptors (Lipinski definition) is 6. The zero-order valence-corrected chi connectivity index (χ0v) is 19.1. The third-order valence-electron chi connectivity index (χ3n) is 4.51. The van der Waals surface area contributed by atoms with Crippen molar-refractivity contribution >= 4 is 34.9 Å². The summed E-state index contributed by atoms with van der Waals surface area (Å²) in [6.07, 6.45) is 3.28. The number of benzene rings is 1. The van der Waals surface area contributed by atoms with Crippen LogP contribution in [-0.2, 0) is 9.62 Å². The van der Waals surface area contributed by atoms with Gasteiger partial charge < -0.3 is 20.4 Å². The summed E-state index contributed by atoms with van der Waals surface area (Å²) in [7, 11) is 0. The van der Waals surface area contributed by atoms with E-state index in [4.69, 9.17) is 33.2 Å². The lowest BCUT2D eigenvalue weighted by Gasteiger charge is -2.19. The van der Waals surface area contributed by atoms with E-state index >= 15 is 0 Å². The quantitative estimate of drug-likeness (QED) is 0.139. The number of hydrogen-bond donors (Lipinski definition) is 4. The second kappa shape index (κ2) is 11.3. The Morgan fingerprint density at radius 1 is 1.25 bits per heavy atom.